The minimum atomic E-state index is -0.991. The third kappa shape index (κ3) is 8.50. The molecule has 0 amide bonds. The topological polar surface area (TPSA) is 145 Å². The van der Waals surface area contributed by atoms with E-state index >= 15 is 0 Å². The van der Waals surface area contributed by atoms with E-state index in [1.807, 2.05) is 30.3 Å². The first-order chi connectivity index (χ1) is 10.9. The number of aliphatic imine (C=N–C) groups is 1. The van der Waals surface area contributed by atoms with Gasteiger partial charge in [0.1, 0.15) is 5.78 Å². The van der Waals surface area contributed by atoms with Gasteiger partial charge in [-0.05, 0) is 24.8 Å². The van der Waals surface area contributed by atoms with Crippen LogP contribution < -0.4 is 17.2 Å². The zero-order chi connectivity index (χ0) is 17.2. The number of aliphatic carboxylic acids is 1. The van der Waals surface area contributed by atoms with Crippen LogP contribution in [0, 0.1) is 5.92 Å². The molecular weight excluding hydrogens is 332 g/mol. The number of carboxylic acids is 1. The number of halogens is 1. The minimum absolute atomic E-state index is 0. The largest absolute Gasteiger partial charge is 0.481 e. The first-order valence-electron chi connectivity index (χ1n) is 7.50. The fourth-order valence-electron chi connectivity index (χ4n) is 2.22. The molecule has 0 saturated heterocycles. The molecule has 0 aromatic heterocycles. The minimum Gasteiger partial charge on any atom is -0.481 e. The van der Waals surface area contributed by atoms with Crippen molar-refractivity contribution in [2.45, 2.75) is 31.7 Å². The van der Waals surface area contributed by atoms with Crippen LogP contribution in [0.3, 0.4) is 0 Å². The molecule has 0 radical (unpaired) electrons. The lowest BCUT2D eigenvalue weighted by atomic mass is 9.91. The van der Waals surface area contributed by atoms with Gasteiger partial charge in [-0.25, -0.2) is 0 Å². The van der Waals surface area contributed by atoms with Crippen LogP contribution in [0.25, 0.3) is 0 Å². The van der Waals surface area contributed by atoms with E-state index in [1.165, 1.54) is 0 Å². The Bertz CT molecular complexity index is 548. The number of carbonyl (C=O) groups excluding carboxylic acids is 1. The summed E-state index contributed by atoms with van der Waals surface area (Å²) >= 11 is 0. The summed E-state index contributed by atoms with van der Waals surface area (Å²) in [5, 5.41) is 9.30. The van der Waals surface area contributed by atoms with Crippen LogP contribution in [0.1, 0.15) is 24.8 Å². The zero-order valence-corrected chi connectivity index (χ0v) is 14.2. The lowest BCUT2D eigenvalue weighted by molar-refractivity contribution is -0.143. The van der Waals surface area contributed by atoms with Crippen LogP contribution in [-0.2, 0) is 16.0 Å². The van der Waals surface area contributed by atoms with E-state index in [2.05, 4.69) is 4.99 Å². The van der Waals surface area contributed by atoms with Gasteiger partial charge in [-0.3, -0.25) is 14.6 Å². The predicted molar refractivity (Wildman–Crippen MR) is 96.0 cm³/mol. The van der Waals surface area contributed by atoms with Gasteiger partial charge < -0.3 is 22.3 Å². The van der Waals surface area contributed by atoms with E-state index in [-0.39, 0.29) is 30.6 Å². The maximum absolute atomic E-state index is 12.1. The Morgan fingerprint density at radius 3 is 2.33 bits per heavy atom. The summed E-state index contributed by atoms with van der Waals surface area (Å²) in [6.07, 6.45) is 1.23. The highest BCUT2D eigenvalue weighted by Gasteiger charge is 2.24. The SMILES string of the molecule is Cl.NC(N)=NCCC[C@H](N)C(=O)C[C@H](Cc1ccccc1)C(=O)O. The average molecular weight is 357 g/mol. The molecule has 1 aromatic rings. The Morgan fingerprint density at radius 1 is 1.17 bits per heavy atom. The number of hydrogen-bond acceptors (Lipinski definition) is 4. The van der Waals surface area contributed by atoms with Crippen LogP contribution in [0.2, 0.25) is 0 Å². The molecule has 8 heteroatoms. The molecule has 0 fully saturated rings. The van der Waals surface area contributed by atoms with Gasteiger partial charge in [0.05, 0.1) is 12.0 Å². The Morgan fingerprint density at radius 2 is 1.79 bits per heavy atom. The molecule has 1 aromatic carbocycles. The fraction of sp³-hybridized carbons (Fsp3) is 0.438. The molecule has 0 saturated carbocycles. The first kappa shape index (κ1) is 21.9. The Balaban J connectivity index is 0.00000529. The van der Waals surface area contributed by atoms with Crippen molar-refractivity contribution in [2.24, 2.45) is 28.1 Å². The summed E-state index contributed by atoms with van der Waals surface area (Å²) in [6, 6.07) is 8.53. The van der Waals surface area contributed by atoms with E-state index in [0.29, 0.717) is 25.8 Å². The second-order valence-electron chi connectivity index (χ2n) is 5.45. The van der Waals surface area contributed by atoms with Crippen molar-refractivity contribution in [2.75, 3.05) is 6.54 Å². The summed E-state index contributed by atoms with van der Waals surface area (Å²) in [4.78, 5) is 27.3. The number of guanidine groups is 1. The number of Topliss-reactive ketones (excluding diaryl/α,β-unsaturated/α-hetero) is 1. The van der Waals surface area contributed by atoms with Crippen molar-refractivity contribution in [1.29, 1.82) is 0 Å². The van der Waals surface area contributed by atoms with Gasteiger partial charge in [0, 0.05) is 13.0 Å². The lowest BCUT2D eigenvalue weighted by Crippen LogP contribution is -2.34. The molecule has 0 aliphatic carbocycles. The van der Waals surface area contributed by atoms with Gasteiger partial charge in [0.15, 0.2) is 5.96 Å². The molecule has 0 aliphatic rings. The molecule has 7 N–H and O–H groups in total. The number of hydrogen-bond donors (Lipinski definition) is 4. The summed E-state index contributed by atoms with van der Waals surface area (Å²) in [7, 11) is 0. The maximum Gasteiger partial charge on any atom is 0.307 e. The molecule has 134 valence electrons. The van der Waals surface area contributed by atoms with E-state index < -0.39 is 17.9 Å². The molecule has 0 aliphatic heterocycles. The zero-order valence-electron chi connectivity index (χ0n) is 13.4. The van der Waals surface area contributed by atoms with Gasteiger partial charge in [0.25, 0.3) is 0 Å². The number of carboxylic acid groups (broad SMARTS) is 1. The third-order valence-corrected chi connectivity index (χ3v) is 3.50. The quantitative estimate of drug-likeness (QED) is 0.276. The van der Waals surface area contributed by atoms with Gasteiger partial charge in [0.2, 0.25) is 0 Å². The van der Waals surface area contributed by atoms with E-state index in [9.17, 15) is 14.7 Å². The molecule has 1 rings (SSSR count). The van der Waals surface area contributed by atoms with Crippen molar-refractivity contribution >= 4 is 30.1 Å². The van der Waals surface area contributed by atoms with E-state index in [4.69, 9.17) is 17.2 Å². The Labute approximate surface area is 147 Å². The molecule has 7 nitrogen and oxygen atoms in total. The van der Waals surface area contributed by atoms with Crippen molar-refractivity contribution < 1.29 is 14.7 Å². The number of rotatable bonds is 10. The standard InChI is InChI=1S/C16H24N4O3.ClH/c17-13(7-4-8-20-16(18)19)14(21)10-12(15(22)23)9-11-5-2-1-3-6-11;/h1-3,5-6,12-13H,4,7-10,17H2,(H,22,23)(H4,18,19,20);1H/t12-,13-;/m0./s1. The molecule has 24 heavy (non-hydrogen) atoms. The van der Waals surface area contributed by atoms with Gasteiger partial charge >= 0.3 is 5.97 Å². The Kier molecular flexibility index (Phi) is 10.4. The van der Waals surface area contributed by atoms with Gasteiger partial charge in [-0.1, -0.05) is 30.3 Å². The predicted octanol–water partition coefficient (Wildman–Crippen LogP) is 0.692. The lowest BCUT2D eigenvalue weighted by Gasteiger charge is -2.15. The highest BCUT2D eigenvalue weighted by atomic mass is 35.5. The summed E-state index contributed by atoms with van der Waals surface area (Å²) in [5.74, 6) is -2.01. The van der Waals surface area contributed by atoms with E-state index in [1.54, 1.807) is 0 Å². The fourth-order valence-corrected chi connectivity index (χ4v) is 2.22. The number of ketones is 1. The van der Waals surface area contributed by atoms with Crippen LogP contribution in [0.5, 0.6) is 0 Å². The van der Waals surface area contributed by atoms with E-state index in [0.717, 1.165) is 5.56 Å². The number of nitrogens with two attached hydrogens (primary N) is 3. The highest BCUT2D eigenvalue weighted by molar-refractivity contribution is 5.87. The average Bonchev–Trinajstić information content (AvgIpc) is 2.51. The summed E-state index contributed by atoms with van der Waals surface area (Å²) in [5.41, 5.74) is 17.1. The number of benzene rings is 1. The molecular formula is C16H25ClN4O3. The molecule has 0 unspecified atom stereocenters. The molecule has 0 heterocycles. The smallest absolute Gasteiger partial charge is 0.307 e. The number of carbonyl (C=O) groups is 2. The molecule has 0 bridgehead atoms. The van der Waals surface area contributed by atoms with Gasteiger partial charge in [-0.2, -0.15) is 0 Å². The number of nitrogens with zero attached hydrogens (tertiary/aromatic N) is 1. The van der Waals surface area contributed by atoms with Crippen molar-refractivity contribution in [3.05, 3.63) is 35.9 Å². The normalized spacial score (nSPS) is 12.5. The summed E-state index contributed by atoms with van der Waals surface area (Å²) < 4.78 is 0. The Hall–Kier alpha value is -2.12. The van der Waals surface area contributed by atoms with Crippen molar-refractivity contribution in [3.8, 4) is 0 Å². The van der Waals surface area contributed by atoms with Crippen LogP contribution in [0.15, 0.2) is 35.3 Å². The molecule has 0 spiro atoms. The van der Waals surface area contributed by atoms with Crippen LogP contribution in [-0.4, -0.2) is 35.4 Å². The molecule has 2 atom stereocenters. The second-order valence-corrected chi connectivity index (χ2v) is 5.45. The second kappa shape index (κ2) is 11.4. The van der Waals surface area contributed by atoms with Crippen molar-refractivity contribution in [1.82, 2.24) is 0 Å². The highest BCUT2D eigenvalue weighted by Crippen LogP contribution is 2.15. The maximum atomic E-state index is 12.1. The monoisotopic (exact) mass is 356 g/mol. The first-order valence-corrected chi connectivity index (χ1v) is 7.50. The third-order valence-electron chi connectivity index (χ3n) is 3.50. The van der Waals surface area contributed by atoms with Gasteiger partial charge in [-0.15, -0.1) is 12.4 Å². The summed E-state index contributed by atoms with van der Waals surface area (Å²) in [6.45, 7) is 0.398. The van der Waals surface area contributed by atoms with Crippen LogP contribution in [0.4, 0.5) is 0 Å². The van der Waals surface area contributed by atoms with Crippen molar-refractivity contribution in [3.63, 3.8) is 0 Å². The van der Waals surface area contributed by atoms with Crippen LogP contribution >= 0.6 is 12.4 Å².